The number of pyridine rings is 3. The molecule has 154 valence electrons. The molecule has 4 aromatic heterocycles. The summed E-state index contributed by atoms with van der Waals surface area (Å²) in [5, 5.41) is 5.30. The van der Waals surface area contributed by atoms with E-state index < -0.39 is 6.43 Å². The molecule has 1 saturated heterocycles. The molecule has 1 fully saturated rings. The van der Waals surface area contributed by atoms with Crippen molar-refractivity contribution in [3.63, 3.8) is 0 Å². The van der Waals surface area contributed by atoms with Gasteiger partial charge in [-0.15, -0.1) is 5.10 Å². The van der Waals surface area contributed by atoms with Gasteiger partial charge in [0.1, 0.15) is 11.5 Å². The van der Waals surface area contributed by atoms with Crippen molar-refractivity contribution in [3.8, 4) is 11.4 Å². The van der Waals surface area contributed by atoms with Crippen LogP contribution in [0.5, 0.6) is 0 Å². The van der Waals surface area contributed by atoms with E-state index in [2.05, 4.69) is 25.0 Å². The first-order valence-electron chi connectivity index (χ1n) is 9.55. The van der Waals surface area contributed by atoms with E-state index in [1.54, 1.807) is 10.6 Å². The van der Waals surface area contributed by atoms with Crippen LogP contribution in [-0.4, -0.2) is 50.4 Å². The predicted octanol–water partition coefficient (Wildman–Crippen LogP) is 3.08. The molecule has 0 radical (unpaired) electrons. The van der Waals surface area contributed by atoms with Crippen molar-refractivity contribution in [1.29, 1.82) is 0 Å². The molecule has 0 spiro atoms. The van der Waals surface area contributed by atoms with Crippen LogP contribution < -0.4 is 10.6 Å². The maximum absolute atomic E-state index is 13.4. The van der Waals surface area contributed by atoms with E-state index in [-0.39, 0.29) is 23.0 Å². The maximum Gasteiger partial charge on any atom is 0.281 e. The van der Waals surface area contributed by atoms with Gasteiger partial charge >= 0.3 is 0 Å². The highest BCUT2D eigenvalue weighted by Crippen LogP contribution is 2.32. The van der Waals surface area contributed by atoms with Gasteiger partial charge in [0.15, 0.2) is 11.5 Å². The van der Waals surface area contributed by atoms with Crippen molar-refractivity contribution in [2.24, 2.45) is 0 Å². The zero-order chi connectivity index (χ0) is 20.8. The van der Waals surface area contributed by atoms with Crippen LogP contribution >= 0.6 is 0 Å². The lowest BCUT2D eigenvalue weighted by atomic mass is 10.1. The third kappa shape index (κ3) is 3.18. The SMILES string of the molecule is C[C@H]1CN(c2ccc3nc(-c4cnc(C(F)F)c5cnc(N)cc45)nn3c2)CCO1. The second-order valence-electron chi connectivity index (χ2n) is 7.27. The predicted molar refractivity (Wildman–Crippen MR) is 109 cm³/mol. The Labute approximate surface area is 170 Å². The highest BCUT2D eigenvalue weighted by Gasteiger charge is 2.20. The Hall–Kier alpha value is -3.40. The number of aromatic nitrogens is 5. The first-order chi connectivity index (χ1) is 14.5. The molecule has 0 saturated carbocycles. The second-order valence-corrected chi connectivity index (χ2v) is 7.27. The van der Waals surface area contributed by atoms with Crippen LogP contribution in [0.3, 0.4) is 0 Å². The number of nitrogens with zero attached hydrogens (tertiary/aromatic N) is 6. The molecule has 10 heteroatoms. The minimum absolute atomic E-state index is 0.158. The van der Waals surface area contributed by atoms with E-state index in [4.69, 9.17) is 10.5 Å². The Morgan fingerprint density at radius 3 is 2.87 bits per heavy atom. The van der Waals surface area contributed by atoms with Crippen LogP contribution in [0.2, 0.25) is 0 Å². The Morgan fingerprint density at radius 1 is 1.20 bits per heavy atom. The molecule has 0 unspecified atom stereocenters. The van der Waals surface area contributed by atoms with Crippen LogP contribution in [0.4, 0.5) is 20.3 Å². The summed E-state index contributed by atoms with van der Waals surface area (Å²) in [4.78, 5) is 14.7. The summed E-state index contributed by atoms with van der Waals surface area (Å²) >= 11 is 0. The van der Waals surface area contributed by atoms with Gasteiger partial charge < -0.3 is 15.4 Å². The maximum atomic E-state index is 13.4. The summed E-state index contributed by atoms with van der Waals surface area (Å²) < 4.78 is 34.0. The molecule has 5 heterocycles. The molecule has 0 aromatic carbocycles. The molecule has 1 atom stereocenters. The molecule has 1 aliphatic rings. The second kappa shape index (κ2) is 7.13. The largest absolute Gasteiger partial charge is 0.384 e. The van der Waals surface area contributed by atoms with Gasteiger partial charge in [-0.25, -0.2) is 23.3 Å². The number of rotatable bonds is 3. The van der Waals surface area contributed by atoms with Crippen LogP contribution in [0, 0.1) is 0 Å². The molecule has 8 nitrogen and oxygen atoms in total. The number of nitrogens with two attached hydrogens (primary N) is 1. The smallest absolute Gasteiger partial charge is 0.281 e. The zero-order valence-electron chi connectivity index (χ0n) is 16.2. The Bertz CT molecular complexity index is 1240. The van der Waals surface area contributed by atoms with Crippen molar-refractivity contribution in [2.75, 3.05) is 30.3 Å². The Balaban J connectivity index is 1.60. The third-order valence-electron chi connectivity index (χ3n) is 5.19. The third-order valence-corrected chi connectivity index (χ3v) is 5.19. The van der Waals surface area contributed by atoms with Crippen LogP contribution in [0.1, 0.15) is 19.0 Å². The lowest BCUT2D eigenvalue weighted by Crippen LogP contribution is -2.41. The number of morpholine rings is 1. The first-order valence-corrected chi connectivity index (χ1v) is 9.55. The van der Waals surface area contributed by atoms with Gasteiger partial charge in [0.2, 0.25) is 0 Å². The monoisotopic (exact) mass is 411 g/mol. The number of hydrogen-bond donors (Lipinski definition) is 1. The molecule has 0 aliphatic carbocycles. The van der Waals surface area contributed by atoms with Crippen LogP contribution in [0.25, 0.3) is 27.8 Å². The molecule has 1 aliphatic heterocycles. The molecule has 4 aromatic rings. The van der Waals surface area contributed by atoms with Crippen molar-refractivity contribution < 1.29 is 13.5 Å². The van der Waals surface area contributed by atoms with Crippen LogP contribution in [0.15, 0.2) is 36.8 Å². The van der Waals surface area contributed by atoms with Gasteiger partial charge in [0.25, 0.3) is 6.43 Å². The van der Waals surface area contributed by atoms with E-state index in [1.807, 2.05) is 25.3 Å². The van der Waals surface area contributed by atoms with Crippen molar-refractivity contribution in [2.45, 2.75) is 19.5 Å². The fourth-order valence-electron chi connectivity index (χ4n) is 3.75. The highest BCUT2D eigenvalue weighted by molar-refractivity contribution is 5.97. The lowest BCUT2D eigenvalue weighted by Gasteiger charge is -2.32. The fourth-order valence-corrected chi connectivity index (χ4v) is 3.75. The van der Waals surface area contributed by atoms with E-state index in [0.717, 1.165) is 18.8 Å². The first kappa shape index (κ1) is 18.6. The number of fused-ring (bicyclic) bond motifs is 2. The number of anilines is 2. The number of alkyl halides is 2. The molecule has 0 amide bonds. The van der Waals surface area contributed by atoms with E-state index >= 15 is 0 Å². The van der Waals surface area contributed by atoms with Gasteiger partial charge in [0, 0.05) is 41.8 Å². The normalized spacial score (nSPS) is 17.3. The fraction of sp³-hybridized carbons (Fsp3) is 0.300. The summed E-state index contributed by atoms with van der Waals surface area (Å²) in [6, 6.07) is 5.42. The number of nitrogen functional groups attached to an aromatic ring is 1. The van der Waals surface area contributed by atoms with Gasteiger partial charge in [-0.05, 0) is 25.1 Å². The van der Waals surface area contributed by atoms with Crippen molar-refractivity contribution >= 4 is 27.9 Å². The molecular formula is C20H19F2N7O. The summed E-state index contributed by atoms with van der Waals surface area (Å²) in [5.41, 5.74) is 7.64. The molecule has 2 N–H and O–H groups in total. The van der Waals surface area contributed by atoms with Gasteiger partial charge in [-0.2, -0.15) is 0 Å². The van der Waals surface area contributed by atoms with E-state index in [1.165, 1.54) is 12.4 Å². The standard InChI is InChI=1S/C20H19F2N7O/c1-11-9-28(4-5-30-11)12-2-3-17-26-20(27-29(17)10-12)15-8-25-18(19(21)22)14-7-24-16(23)6-13(14)15/h2-3,6-8,10-11,19H,4-5,9H2,1H3,(H2,23,24)/t11-/m0/s1. The summed E-state index contributed by atoms with van der Waals surface area (Å²) in [7, 11) is 0. The topological polar surface area (TPSA) is 94.5 Å². The van der Waals surface area contributed by atoms with E-state index in [9.17, 15) is 8.78 Å². The number of ether oxygens (including phenoxy) is 1. The van der Waals surface area contributed by atoms with Gasteiger partial charge in [-0.3, -0.25) is 4.98 Å². The number of halogens is 2. The Kier molecular flexibility index (Phi) is 4.43. The van der Waals surface area contributed by atoms with Crippen LogP contribution in [-0.2, 0) is 4.74 Å². The molecule has 5 rings (SSSR count). The Morgan fingerprint density at radius 2 is 2.07 bits per heavy atom. The number of hydrogen-bond acceptors (Lipinski definition) is 7. The molecular weight excluding hydrogens is 392 g/mol. The van der Waals surface area contributed by atoms with Gasteiger partial charge in [-0.1, -0.05) is 0 Å². The summed E-state index contributed by atoms with van der Waals surface area (Å²) in [5.74, 6) is 0.606. The molecule has 30 heavy (non-hydrogen) atoms. The minimum atomic E-state index is -2.72. The highest BCUT2D eigenvalue weighted by atomic mass is 19.3. The zero-order valence-corrected chi connectivity index (χ0v) is 16.2. The minimum Gasteiger partial charge on any atom is -0.384 e. The summed E-state index contributed by atoms with van der Waals surface area (Å²) in [6.45, 7) is 4.31. The average Bonchev–Trinajstić information content (AvgIpc) is 3.15. The van der Waals surface area contributed by atoms with Crippen molar-refractivity contribution in [3.05, 3.63) is 42.5 Å². The quantitative estimate of drug-likeness (QED) is 0.554. The lowest BCUT2D eigenvalue weighted by molar-refractivity contribution is 0.0532. The molecule has 0 bridgehead atoms. The van der Waals surface area contributed by atoms with Gasteiger partial charge in [0.05, 0.1) is 24.6 Å². The summed E-state index contributed by atoms with van der Waals surface area (Å²) in [6.07, 6.45) is 2.02. The average molecular weight is 411 g/mol. The van der Waals surface area contributed by atoms with Crippen molar-refractivity contribution in [1.82, 2.24) is 24.6 Å². The van der Waals surface area contributed by atoms with E-state index in [0.29, 0.717) is 29.0 Å².